The summed E-state index contributed by atoms with van der Waals surface area (Å²) in [6.07, 6.45) is 7.64. The first-order valence-electron chi connectivity index (χ1n) is 9.31. The van der Waals surface area contributed by atoms with E-state index in [1.54, 1.807) is 0 Å². The van der Waals surface area contributed by atoms with Crippen molar-refractivity contribution in [2.75, 3.05) is 13.2 Å². The third-order valence-electron chi connectivity index (χ3n) is 5.16. The molecule has 0 aromatic carbocycles. The molecule has 2 fully saturated rings. The summed E-state index contributed by atoms with van der Waals surface area (Å²) in [6, 6.07) is 0. The molecule has 1 aromatic rings. The normalized spacial score (nSPS) is 24.0. The lowest BCUT2D eigenvalue weighted by molar-refractivity contribution is 0.350. The molecule has 4 unspecified atom stereocenters. The van der Waals surface area contributed by atoms with Gasteiger partial charge in [-0.05, 0) is 37.5 Å². The van der Waals surface area contributed by atoms with E-state index < -0.39 is 11.2 Å². The van der Waals surface area contributed by atoms with Crippen LogP contribution in [0.2, 0.25) is 0 Å². The molecule has 140 valence electrons. The van der Waals surface area contributed by atoms with Crippen LogP contribution < -0.4 is 11.2 Å². The first-order valence-corrected chi connectivity index (χ1v) is 9.31. The van der Waals surface area contributed by atoms with E-state index >= 15 is 0 Å². The smallest absolute Gasteiger partial charge is 0.328 e. The summed E-state index contributed by atoms with van der Waals surface area (Å²) in [5.41, 5.74) is -0.838. The average Bonchev–Trinajstić information content (AvgIpc) is 3.41. The average molecular weight is 352 g/mol. The highest BCUT2D eigenvalue weighted by Crippen LogP contribution is 2.33. The van der Waals surface area contributed by atoms with Gasteiger partial charge in [0.1, 0.15) is 0 Å². The quantitative estimate of drug-likeness (QED) is 0.528. The molecular formula is C18H28N2O5. The van der Waals surface area contributed by atoms with Crippen LogP contribution in [0.3, 0.4) is 0 Å². The molecule has 3 rings (SSSR count). The van der Waals surface area contributed by atoms with Crippen molar-refractivity contribution in [3.63, 3.8) is 0 Å². The summed E-state index contributed by atoms with van der Waals surface area (Å²) in [5.74, 6) is 0.0816. The lowest BCUT2D eigenvalue weighted by atomic mass is 9.84. The molecule has 7 nitrogen and oxygen atoms in total. The third-order valence-corrected chi connectivity index (χ3v) is 5.16. The maximum atomic E-state index is 12.2. The van der Waals surface area contributed by atoms with E-state index in [9.17, 15) is 14.7 Å². The molecule has 0 bridgehead atoms. The zero-order valence-electron chi connectivity index (χ0n) is 14.8. The van der Waals surface area contributed by atoms with Crippen LogP contribution in [0.25, 0.3) is 0 Å². The second-order valence-electron chi connectivity index (χ2n) is 7.48. The number of epoxide rings is 2. The molecule has 1 aromatic heterocycles. The Bertz CT molecular complexity index is 675. The van der Waals surface area contributed by atoms with Crippen LogP contribution in [0.5, 0.6) is 5.88 Å². The Morgan fingerprint density at radius 3 is 2.24 bits per heavy atom. The van der Waals surface area contributed by atoms with Gasteiger partial charge in [-0.3, -0.25) is 14.8 Å². The molecular weight excluding hydrogens is 324 g/mol. The molecule has 0 radical (unpaired) electrons. The Morgan fingerprint density at radius 1 is 1.08 bits per heavy atom. The van der Waals surface area contributed by atoms with Crippen molar-refractivity contribution >= 4 is 0 Å². The van der Waals surface area contributed by atoms with E-state index in [1.165, 1.54) is 0 Å². The zero-order valence-corrected chi connectivity index (χ0v) is 14.8. The van der Waals surface area contributed by atoms with Crippen molar-refractivity contribution in [3.8, 4) is 5.88 Å². The summed E-state index contributed by atoms with van der Waals surface area (Å²) in [7, 11) is 0. The highest BCUT2D eigenvalue weighted by molar-refractivity contribution is 5.25. The van der Waals surface area contributed by atoms with Gasteiger partial charge in [-0.25, -0.2) is 4.79 Å². The number of rotatable bonds is 11. The monoisotopic (exact) mass is 352 g/mol. The summed E-state index contributed by atoms with van der Waals surface area (Å²) < 4.78 is 10.5. The fourth-order valence-electron chi connectivity index (χ4n) is 3.60. The lowest BCUT2D eigenvalue weighted by Gasteiger charge is -2.21. The first kappa shape index (κ1) is 18.2. The van der Waals surface area contributed by atoms with E-state index in [2.05, 4.69) is 16.9 Å². The number of H-pyrrole nitrogens is 2. The minimum Gasteiger partial charge on any atom is -0.494 e. The lowest BCUT2D eigenvalue weighted by Crippen LogP contribution is -2.27. The van der Waals surface area contributed by atoms with Crippen LogP contribution >= 0.6 is 0 Å². The summed E-state index contributed by atoms with van der Waals surface area (Å²) in [6.45, 7) is 3.90. The highest BCUT2D eigenvalue weighted by atomic mass is 16.6. The number of nitrogens with one attached hydrogen (secondary N) is 2. The summed E-state index contributed by atoms with van der Waals surface area (Å²) >= 11 is 0. The van der Waals surface area contributed by atoms with Gasteiger partial charge in [0.25, 0.3) is 5.56 Å². The summed E-state index contributed by atoms with van der Waals surface area (Å²) in [4.78, 5) is 28.1. The van der Waals surface area contributed by atoms with Crippen molar-refractivity contribution in [2.45, 2.75) is 70.0 Å². The number of aromatic amines is 2. The van der Waals surface area contributed by atoms with Crippen LogP contribution in [0.1, 0.15) is 63.4 Å². The first-order chi connectivity index (χ1) is 12.0. The van der Waals surface area contributed by atoms with E-state index in [-0.39, 0.29) is 11.8 Å². The number of ether oxygens (including phenoxy) is 2. The minimum atomic E-state index is -0.672. The van der Waals surface area contributed by atoms with Gasteiger partial charge >= 0.3 is 5.69 Å². The highest BCUT2D eigenvalue weighted by Gasteiger charge is 2.26. The van der Waals surface area contributed by atoms with Crippen molar-refractivity contribution in [1.82, 2.24) is 9.97 Å². The molecule has 2 aliphatic rings. The number of aromatic hydroxyl groups is 1. The zero-order chi connectivity index (χ0) is 17.8. The summed E-state index contributed by atoms with van der Waals surface area (Å²) in [5, 5.41) is 10.1. The Morgan fingerprint density at radius 2 is 1.68 bits per heavy atom. The second kappa shape index (κ2) is 8.19. The van der Waals surface area contributed by atoms with Crippen molar-refractivity contribution in [1.29, 1.82) is 0 Å². The number of aromatic nitrogens is 2. The van der Waals surface area contributed by atoms with E-state index in [0.29, 0.717) is 23.7 Å². The van der Waals surface area contributed by atoms with Gasteiger partial charge in [0, 0.05) is 0 Å². The SMILES string of the molecule is CC(CCCC1CO1)CC(CCCC1CO1)c1c(O)[nH]c(=O)[nH]c1=O. The molecule has 2 saturated heterocycles. The fourth-order valence-corrected chi connectivity index (χ4v) is 3.60. The molecule has 0 aliphatic carbocycles. The molecule has 0 amide bonds. The van der Waals surface area contributed by atoms with Gasteiger partial charge in [-0.15, -0.1) is 0 Å². The van der Waals surface area contributed by atoms with Crippen molar-refractivity contribution in [3.05, 3.63) is 26.4 Å². The van der Waals surface area contributed by atoms with Gasteiger partial charge in [0.05, 0.1) is 31.0 Å². The number of hydrogen-bond donors (Lipinski definition) is 3. The van der Waals surface area contributed by atoms with Crippen molar-refractivity contribution < 1.29 is 14.6 Å². The Labute approximate surface area is 146 Å². The molecule has 4 atom stereocenters. The van der Waals surface area contributed by atoms with Crippen LogP contribution in [-0.4, -0.2) is 40.5 Å². The number of hydrogen-bond acceptors (Lipinski definition) is 5. The van der Waals surface area contributed by atoms with Crippen molar-refractivity contribution in [2.24, 2.45) is 5.92 Å². The molecule has 3 N–H and O–H groups in total. The van der Waals surface area contributed by atoms with Gasteiger partial charge < -0.3 is 14.6 Å². The molecule has 0 saturated carbocycles. The predicted octanol–water partition coefficient (Wildman–Crippen LogP) is 2.02. The van der Waals surface area contributed by atoms with E-state index in [0.717, 1.165) is 58.2 Å². The third kappa shape index (κ3) is 5.71. The Hall–Kier alpha value is -1.60. The van der Waals surface area contributed by atoms with Gasteiger partial charge in [-0.2, -0.15) is 0 Å². The van der Waals surface area contributed by atoms with Crippen LogP contribution in [0.4, 0.5) is 0 Å². The largest absolute Gasteiger partial charge is 0.494 e. The van der Waals surface area contributed by atoms with Gasteiger partial charge in [0.15, 0.2) is 0 Å². The van der Waals surface area contributed by atoms with Crippen LogP contribution in [-0.2, 0) is 9.47 Å². The second-order valence-corrected chi connectivity index (χ2v) is 7.48. The molecule has 2 aliphatic heterocycles. The molecule has 7 heteroatoms. The van der Waals surface area contributed by atoms with E-state index in [1.807, 2.05) is 0 Å². The molecule has 0 spiro atoms. The van der Waals surface area contributed by atoms with Crippen LogP contribution in [0.15, 0.2) is 9.59 Å². The fraction of sp³-hybridized carbons (Fsp3) is 0.778. The molecule has 3 heterocycles. The van der Waals surface area contributed by atoms with E-state index in [4.69, 9.17) is 9.47 Å². The topological polar surface area (TPSA) is 111 Å². The van der Waals surface area contributed by atoms with Gasteiger partial charge in [0.2, 0.25) is 5.88 Å². The Balaban J connectivity index is 1.62. The minimum absolute atomic E-state index is 0.0634. The standard InChI is InChI=1S/C18H28N2O5/c1-11(4-2-6-13-9-24-13)8-12(5-3-7-14-10-25-14)15-16(21)19-18(23)20-17(15)22/h11-14H,2-10H2,1H3,(H3,19,20,21,22,23). The maximum absolute atomic E-state index is 12.2. The van der Waals surface area contributed by atoms with Crippen LogP contribution in [0, 0.1) is 5.92 Å². The predicted molar refractivity (Wildman–Crippen MR) is 93.1 cm³/mol. The maximum Gasteiger partial charge on any atom is 0.328 e. The molecule has 25 heavy (non-hydrogen) atoms. The Kier molecular flexibility index (Phi) is 5.96. The van der Waals surface area contributed by atoms with Gasteiger partial charge in [-0.1, -0.05) is 26.2 Å².